The topological polar surface area (TPSA) is 66.4 Å². The van der Waals surface area contributed by atoms with Crippen LogP contribution < -0.4 is 4.72 Å². The van der Waals surface area contributed by atoms with E-state index in [0.717, 1.165) is 19.3 Å². The van der Waals surface area contributed by atoms with E-state index < -0.39 is 10.0 Å². The molecule has 4 nitrogen and oxygen atoms in total. The molecule has 1 aromatic carbocycles. The normalized spacial score (nSPS) is 16.8. The van der Waals surface area contributed by atoms with Gasteiger partial charge in [-0.25, -0.2) is 13.1 Å². The largest absolute Gasteiger partial charge is 0.392 e. The highest BCUT2D eigenvalue weighted by Crippen LogP contribution is 2.24. The van der Waals surface area contributed by atoms with Crippen LogP contribution in [0.5, 0.6) is 0 Å². The fourth-order valence-corrected chi connectivity index (χ4v) is 3.27. The lowest BCUT2D eigenvalue weighted by Gasteiger charge is -2.26. The zero-order valence-corrected chi connectivity index (χ0v) is 10.8. The van der Waals surface area contributed by atoms with Crippen LogP contribution in [0, 0.1) is 0 Å². The molecule has 0 aromatic heterocycles. The smallest absolute Gasteiger partial charge is 0.240 e. The maximum Gasteiger partial charge on any atom is 0.240 e. The van der Waals surface area contributed by atoms with Crippen molar-refractivity contribution in [3.63, 3.8) is 0 Å². The highest BCUT2D eigenvalue weighted by atomic mass is 35.5. The summed E-state index contributed by atoms with van der Waals surface area (Å²) in [6.07, 6.45) is 2.85. The standard InChI is InChI=1S/C11H14ClNO3S/c12-11-6-10(5-4-8(11)7-14)17(15,16)13-9-2-1-3-9/h4-6,9,13-14H,1-3,7H2. The summed E-state index contributed by atoms with van der Waals surface area (Å²) in [4.78, 5) is 0.145. The van der Waals surface area contributed by atoms with E-state index in [4.69, 9.17) is 16.7 Å². The van der Waals surface area contributed by atoms with Crippen molar-refractivity contribution in [1.82, 2.24) is 4.72 Å². The molecule has 1 aliphatic rings. The van der Waals surface area contributed by atoms with Crippen LogP contribution in [0.15, 0.2) is 23.1 Å². The zero-order valence-electron chi connectivity index (χ0n) is 9.19. The minimum absolute atomic E-state index is 0.0521. The molecule has 0 aliphatic heterocycles. The molecule has 1 aromatic rings. The molecule has 2 N–H and O–H groups in total. The Morgan fingerprint density at radius 2 is 2.12 bits per heavy atom. The van der Waals surface area contributed by atoms with Crippen LogP contribution >= 0.6 is 11.6 Å². The van der Waals surface area contributed by atoms with Crippen LogP contribution in [0.1, 0.15) is 24.8 Å². The van der Waals surface area contributed by atoms with Crippen molar-refractivity contribution in [3.05, 3.63) is 28.8 Å². The van der Waals surface area contributed by atoms with Crippen LogP contribution in [0.4, 0.5) is 0 Å². The van der Waals surface area contributed by atoms with Crippen molar-refractivity contribution >= 4 is 21.6 Å². The molecule has 0 unspecified atom stereocenters. The van der Waals surface area contributed by atoms with E-state index in [2.05, 4.69) is 4.72 Å². The monoisotopic (exact) mass is 275 g/mol. The van der Waals surface area contributed by atoms with Crippen LogP contribution in [-0.2, 0) is 16.6 Å². The number of aliphatic hydroxyl groups is 1. The summed E-state index contributed by atoms with van der Waals surface area (Å²) in [6, 6.07) is 4.40. The molecule has 1 fully saturated rings. The second-order valence-corrected chi connectivity index (χ2v) is 6.28. The number of halogens is 1. The van der Waals surface area contributed by atoms with Crippen molar-refractivity contribution in [2.75, 3.05) is 0 Å². The van der Waals surface area contributed by atoms with Gasteiger partial charge in [0.15, 0.2) is 0 Å². The summed E-state index contributed by atoms with van der Waals surface area (Å²) >= 11 is 5.87. The van der Waals surface area contributed by atoms with E-state index in [1.54, 1.807) is 0 Å². The SMILES string of the molecule is O=S(=O)(NC1CCC1)c1ccc(CO)c(Cl)c1. The van der Waals surface area contributed by atoms with Crippen molar-refractivity contribution in [3.8, 4) is 0 Å². The number of hydrogen-bond donors (Lipinski definition) is 2. The van der Waals surface area contributed by atoms with Gasteiger partial charge >= 0.3 is 0 Å². The van der Waals surface area contributed by atoms with Crippen LogP contribution in [-0.4, -0.2) is 19.6 Å². The zero-order chi connectivity index (χ0) is 12.5. The maximum absolute atomic E-state index is 12.0. The minimum atomic E-state index is -3.48. The molecular formula is C11H14ClNO3S. The molecule has 0 atom stereocenters. The maximum atomic E-state index is 12.0. The third-order valence-corrected chi connectivity index (χ3v) is 4.80. The lowest BCUT2D eigenvalue weighted by atomic mass is 9.94. The average Bonchev–Trinajstić information content (AvgIpc) is 2.23. The highest BCUT2D eigenvalue weighted by Gasteiger charge is 2.24. The van der Waals surface area contributed by atoms with Crippen molar-refractivity contribution in [2.45, 2.75) is 36.8 Å². The molecule has 1 saturated carbocycles. The molecule has 94 valence electrons. The van der Waals surface area contributed by atoms with Crippen molar-refractivity contribution < 1.29 is 13.5 Å². The highest BCUT2D eigenvalue weighted by molar-refractivity contribution is 7.89. The predicted molar refractivity (Wildman–Crippen MR) is 65.3 cm³/mol. The van der Waals surface area contributed by atoms with E-state index in [0.29, 0.717) is 5.56 Å². The van der Waals surface area contributed by atoms with E-state index in [1.807, 2.05) is 0 Å². The van der Waals surface area contributed by atoms with Gasteiger partial charge in [-0.05, 0) is 30.5 Å². The van der Waals surface area contributed by atoms with E-state index in [1.165, 1.54) is 18.2 Å². The van der Waals surface area contributed by atoms with Gasteiger partial charge in [0.05, 0.1) is 11.5 Å². The van der Waals surface area contributed by atoms with E-state index >= 15 is 0 Å². The number of benzene rings is 1. The first-order chi connectivity index (χ1) is 8.03. The lowest BCUT2D eigenvalue weighted by molar-refractivity contribution is 0.282. The fraction of sp³-hybridized carbons (Fsp3) is 0.455. The van der Waals surface area contributed by atoms with Gasteiger partial charge in [0.1, 0.15) is 0 Å². The molecule has 17 heavy (non-hydrogen) atoms. The number of aliphatic hydroxyl groups excluding tert-OH is 1. The third kappa shape index (κ3) is 2.80. The van der Waals surface area contributed by atoms with Crippen molar-refractivity contribution in [2.24, 2.45) is 0 Å². The first-order valence-corrected chi connectivity index (χ1v) is 7.30. The molecule has 6 heteroatoms. The molecule has 2 rings (SSSR count). The van der Waals surface area contributed by atoms with Gasteiger partial charge in [0, 0.05) is 11.1 Å². The Hall–Kier alpha value is -0.620. The van der Waals surface area contributed by atoms with Gasteiger partial charge in [-0.2, -0.15) is 0 Å². The Labute approximate surface area is 106 Å². The van der Waals surface area contributed by atoms with Crippen molar-refractivity contribution in [1.29, 1.82) is 0 Å². The van der Waals surface area contributed by atoms with E-state index in [9.17, 15) is 8.42 Å². The Kier molecular flexibility index (Phi) is 3.73. The number of sulfonamides is 1. The third-order valence-electron chi connectivity index (χ3n) is 2.93. The fourth-order valence-electron chi connectivity index (χ4n) is 1.64. The predicted octanol–water partition coefficient (Wildman–Crippen LogP) is 1.66. The summed E-state index contributed by atoms with van der Waals surface area (Å²) in [5.41, 5.74) is 0.522. The first-order valence-electron chi connectivity index (χ1n) is 5.44. The average molecular weight is 276 g/mol. The second kappa shape index (κ2) is 4.94. The Morgan fingerprint density at radius 1 is 1.41 bits per heavy atom. The second-order valence-electron chi connectivity index (χ2n) is 4.16. The summed E-state index contributed by atoms with van der Waals surface area (Å²) in [5, 5.41) is 9.22. The summed E-state index contributed by atoms with van der Waals surface area (Å²) in [7, 11) is -3.48. The molecule has 0 spiro atoms. The van der Waals surface area contributed by atoms with Gasteiger partial charge in [-0.15, -0.1) is 0 Å². The lowest BCUT2D eigenvalue weighted by Crippen LogP contribution is -2.39. The number of rotatable bonds is 4. The van der Waals surface area contributed by atoms with Crippen LogP contribution in [0.3, 0.4) is 0 Å². The van der Waals surface area contributed by atoms with Crippen LogP contribution in [0.2, 0.25) is 5.02 Å². The molecule has 0 amide bonds. The molecule has 1 aliphatic carbocycles. The van der Waals surface area contributed by atoms with E-state index in [-0.39, 0.29) is 22.6 Å². The summed E-state index contributed by atoms with van der Waals surface area (Å²) < 4.78 is 26.5. The minimum Gasteiger partial charge on any atom is -0.392 e. The number of nitrogens with one attached hydrogen (secondary N) is 1. The van der Waals surface area contributed by atoms with Gasteiger partial charge in [0.2, 0.25) is 10.0 Å². The molecule has 0 bridgehead atoms. The molecule has 0 heterocycles. The Balaban J connectivity index is 2.23. The Morgan fingerprint density at radius 3 is 2.59 bits per heavy atom. The number of hydrogen-bond acceptors (Lipinski definition) is 3. The molecular weight excluding hydrogens is 262 g/mol. The molecule has 0 saturated heterocycles. The summed E-state index contributed by atoms with van der Waals surface area (Å²) in [5.74, 6) is 0. The Bertz CT molecular complexity index is 511. The first kappa shape index (κ1) is 12.8. The van der Waals surface area contributed by atoms with Gasteiger partial charge in [-0.1, -0.05) is 24.1 Å². The van der Waals surface area contributed by atoms with Crippen LogP contribution in [0.25, 0.3) is 0 Å². The van der Waals surface area contributed by atoms with Gasteiger partial charge < -0.3 is 5.11 Å². The van der Waals surface area contributed by atoms with Gasteiger partial charge in [0.25, 0.3) is 0 Å². The quantitative estimate of drug-likeness (QED) is 0.878. The molecule has 0 radical (unpaired) electrons. The van der Waals surface area contributed by atoms with Gasteiger partial charge in [-0.3, -0.25) is 0 Å². The summed E-state index contributed by atoms with van der Waals surface area (Å²) in [6.45, 7) is -0.199.